The molecule has 1 aromatic carbocycles. The van der Waals surface area contributed by atoms with Gasteiger partial charge in [0.1, 0.15) is 0 Å². The quantitative estimate of drug-likeness (QED) is 0.612. The van der Waals surface area contributed by atoms with Gasteiger partial charge in [0, 0.05) is 15.4 Å². The van der Waals surface area contributed by atoms with Crippen LogP contribution >= 0.6 is 46.6 Å². The number of aromatic nitrogens is 2. The maximum absolute atomic E-state index is 5.43. The summed E-state index contributed by atoms with van der Waals surface area (Å²) in [5.74, 6) is 2.44. The Kier molecular flexibility index (Phi) is 3.01. The lowest BCUT2D eigenvalue weighted by atomic mass is 10.2. The van der Waals surface area contributed by atoms with Gasteiger partial charge < -0.3 is 9.55 Å². The van der Waals surface area contributed by atoms with Crippen molar-refractivity contribution in [3.63, 3.8) is 0 Å². The third kappa shape index (κ3) is 1.82. The largest absolute Gasteiger partial charge is 0.331 e. The van der Waals surface area contributed by atoms with Gasteiger partial charge in [-0.25, -0.2) is 0 Å². The number of rotatable bonds is 1. The van der Waals surface area contributed by atoms with Crippen LogP contribution in [0.3, 0.4) is 0 Å². The summed E-state index contributed by atoms with van der Waals surface area (Å²) in [5, 5.41) is 0. The van der Waals surface area contributed by atoms with Crippen LogP contribution in [0.4, 0.5) is 0 Å². The molecule has 0 bridgehead atoms. The third-order valence-corrected chi connectivity index (χ3v) is 5.06. The SMILES string of the molecule is S=c1[nH]c2cc(I)ccc2n1C1CCSC1. The lowest BCUT2D eigenvalue weighted by Crippen LogP contribution is -2.07. The first-order valence-electron chi connectivity index (χ1n) is 5.23. The van der Waals surface area contributed by atoms with E-state index < -0.39 is 0 Å². The van der Waals surface area contributed by atoms with Crippen LogP contribution in [0.5, 0.6) is 0 Å². The number of halogens is 1. The van der Waals surface area contributed by atoms with Crippen molar-refractivity contribution in [3.8, 4) is 0 Å². The van der Waals surface area contributed by atoms with Gasteiger partial charge in [-0.15, -0.1) is 0 Å². The van der Waals surface area contributed by atoms with Gasteiger partial charge in [0.25, 0.3) is 0 Å². The van der Waals surface area contributed by atoms with Gasteiger partial charge >= 0.3 is 0 Å². The number of thioether (sulfide) groups is 1. The van der Waals surface area contributed by atoms with E-state index in [0.29, 0.717) is 6.04 Å². The van der Waals surface area contributed by atoms with E-state index >= 15 is 0 Å². The highest BCUT2D eigenvalue weighted by atomic mass is 127. The molecule has 0 spiro atoms. The fraction of sp³-hybridized carbons (Fsp3) is 0.364. The lowest BCUT2D eigenvalue weighted by molar-refractivity contribution is 0.569. The van der Waals surface area contributed by atoms with Crippen molar-refractivity contribution >= 4 is 57.6 Å². The van der Waals surface area contributed by atoms with Gasteiger partial charge in [-0.1, -0.05) is 0 Å². The molecule has 1 atom stereocenters. The molecule has 3 rings (SSSR count). The molecule has 0 aliphatic carbocycles. The second-order valence-electron chi connectivity index (χ2n) is 3.98. The lowest BCUT2D eigenvalue weighted by Gasteiger charge is -2.11. The van der Waals surface area contributed by atoms with E-state index in [2.05, 4.69) is 50.3 Å². The number of H-pyrrole nitrogens is 1. The summed E-state index contributed by atoms with van der Waals surface area (Å²) in [5.41, 5.74) is 2.41. The van der Waals surface area contributed by atoms with Gasteiger partial charge in [0.05, 0.1) is 11.0 Å². The molecule has 1 fully saturated rings. The number of hydrogen-bond donors (Lipinski definition) is 1. The Morgan fingerprint density at radius 1 is 1.50 bits per heavy atom. The Bertz CT molecular complexity index is 581. The molecule has 1 aliphatic heterocycles. The van der Waals surface area contributed by atoms with Crippen molar-refractivity contribution < 1.29 is 0 Å². The zero-order valence-electron chi connectivity index (χ0n) is 8.57. The van der Waals surface area contributed by atoms with Crippen LogP contribution < -0.4 is 0 Å². The molecular weight excluding hydrogens is 351 g/mol. The second-order valence-corrected chi connectivity index (χ2v) is 6.76. The Morgan fingerprint density at radius 2 is 2.38 bits per heavy atom. The van der Waals surface area contributed by atoms with Gasteiger partial charge in [0.15, 0.2) is 4.77 Å². The molecule has 1 aromatic heterocycles. The topological polar surface area (TPSA) is 20.7 Å². The zero-order chi connectivity index (χ0) is 11.1. The van der Waals surface area contributed by atoms with Crippen molar-refractivity contribution in [2.45, 2.75) is 12.5 Å². The minimum Gasteiger partial charge on any atom is -0.331 e. The normalized spacial score (nSPS) is 20.7. The second kappa shape index (κ2) is 4.34. The Labute approximate surface area is 117 Å². The maximum atomic E-state index is 5.43. The minimum absolute atomic E-state index is 0.575. The van der Waals surface area contributed by atoms with E-state index in [-0.39, 0.29) is 0 Å². The number of nitrogens with zero attached hydrogens (tertiary/aromatic N) is 1. The van der Waals surface area contributed by atoms with Crippen molar-refractivity contribution in [2.24, 2.45) is 0 Å². The minimum atomic E-state index is 0.575. The summed E-state index contributed by atoms with van der Waals surface area (Å²) in [6.07, 6.45) is 1.23. The highest BCUT2D eigenvalue weighted by molar-refractivity contribution is 14.1. The summed E-state index contributed by atoms with van der Waals surface area (Å²) < 4.78 is 4.40. The van der Waals surface area contributed by atoms with Crippen molar-refractivity contribution in [3.05, 3.63) is 26.5 Å². The Hall–Kier alpha value is -0.0100. The molecule has 84 valence electrons. The third-order valence-electron chi connectivity index (χ3n) is 2.95. The molecule has 16 heavy (non-hydrogen) atoms. The zero-order valence-corrected chi connectivity index (χ0v) is 12.4. The number of aromatic amines is 1. The van der Waals surface area contributed by atoms with Crippen molar-refractivity contribution in [1.82, 2.24) is 9.55 Å². The molecule has 2 aromatic rings. The van der Waals surface area contributed by atoms with Gasteiger partial charge in [-0.3, -0.25) is 0 Å². The van der Waals surface area contributed by atoms with E-state index in [9.17, 15) is 0 Å². The fourth-order valence-corrected chi connectivity index (χ4v) is 4.23. The predicted octanol–water partition coefficient (Wildman–Crippen LogP) is 3.98. The first-order chi connectivity index (χ1) is 7.75. The Balaban J connectivity index is 2.23. The highest BCUT2D eigenvalue weighted by Crippen LogP contribution is 2.31. The maximum Gasteiger partial charge on any atom is 0.178 e. The summed E-state index contributed by atoms with van der Waals surface area (Å²) in [4.78, 5) is 3.31. The summed E-state index contributed by atoms with van der Waals surface area (Å²) in [6, 6.07) is 7.05. The summed E-state index contributed by atoms with van der Waals surface area (Å²) in [7, 11) is 0. The summed E-state index contributed by atoms with van der Waals surface area (Å²) >= 11 is 9.78. The fourth-order valence-electron chi connectivity index (χ4n) is 2.19. The standard InChI is InChI=1S/C11H11IN2S2/c12-7-1-2-10-9(5-7)13-11(15)14(10)8-3-4-16-6-8/h1-2,5,8H,3-4,6H2,(H,13,15). The summed E-state index contributed by atoms with van der Waals surface area (Å²) in [6.45, 7) is 0. The highest BCUT2D eigenvalue weighted by Gasteiger charge is 2.20. The molecular formula is C11H11IN2S2. The monoisotopic (exact) mass is 362 g/mol. The van der Waals surface area contributed by atoms with Crippen LogP contribution in [0.15, 0.2) is 18.2 Å². The molecule has 5 heteroatoms. The van der Waals surface area contributed by atoms with Gasteiger partial charge in [-0.05, 0) is 65.2 Å². The molecule has 0 saturated carbocycles. The van der Waals surface area contributed by atoms with Crippen molar-refractivity contribution in [1.29, 1.82) is 0 Å². The number of benzene rings is 1. The van der Waals surface area contributed by atoms with Crippen LogP contribution in [0.25, 0.3) is 11.0 Å². The van der Waals surface area contributed by atoms with E-state index in [0.717, 1.165) is 10.3 Å². The van der Waals surface area contributed by atoms with Gasteiger partial charge in [-0.2, -0.15) is 11.8 Å². The van der Waals surface area contributed by atoms with Crippen molar-refractivity contribution in [2.75, 3.05) is 11.5 Å². The van der Waals surface area contributed by atoms with Crippen LogP contribution in [0, 0.1) is 8.34 Å². The molecule has 2 nitrogen and oxygen atoms in total. The Morgan fingerprint density at radius 3 is 3.12 bits per heavy atom. The molecule has 1 saturated heterocycles. The predicted molar refractivity (Wildman–Crippen MR) is 80.8 cm³/mol. The number of hydrogen-bond acceptors (Lipinski definition) is 2. The van der Waals surface area contributed by atoms with E-state index in [1.54, 1.807) is 0 Å². The van der Waals surface area contributed by atoms with E-state index in [1.807, 2.05) is 11.8 Å². The number of imidazole rings is 1. The smallest absolute Gasteiger partial charge is 0.178 e. The molecule has 0 amide bonds. The average molecular weight is 362 g/mol. The molecule has 1 N–H and O–H groups in total. The van der Waals surface area contributed by atoms with Crippen LogP contribution in [0.1, 0.15) is 12.5 Å². The number of nitrogens with one attached hydrogen (secondary N) is 1. The average Bonchev–Trinajstić information content (AvgIpc) is 2.83. The van der Waals surface area contributed by atoms with E-state index in [1.165, 1.54) is 27.0 Å². The first kappa shape index (κ1) is 11.1. The van der Waals surface area contributed by atoms with Crippen LogP contribution in [0.2, 0.25) is 0 Å². The molecule has 1 unspecified atom stereocenters. The van der Waals surface area contributed by atoms with Crippen LogP contribution in [-0.2, 0) is 0 Å². The van der Waals surface area contributed by atoms with E-state index in [4.69, 9.17) is 12.2 Å². The number of fused-ring (bicyclic) bond motifs is 1. The molecule has 0 radical (unpaired) electrons. The van der Waals surface area contributed by atoms with Crippen LogP contribution in [-0.4, -0.2) is 21.1 Å². The molecule has 1 aliphatic rings. The van der Waals surface area contributed by atoms with Gasteiger partial charge in [0.2, 0.25) is 0 Å². The molecule has 2 heterocycles. The first-order valence-corrected chi connectivity index (χ1v) is 7.87.